The molecule has 2 saturated carbocycles. The summed E-state index contributed by atoms with van der Waals surface area (Å²) >= 11 is 0. The average molecular weight is 848 g/mol. The second kappa shape index (κ2) is 12.7. The molecule has 6 aliphatic rings. The van der Waals surface area contributed by atoms with Crippen LogP contribution in [0.1, 0.15) is 111 Å². The van der Waals surface area contributed by atoms with Gasteiger partial charge in [-0.25, -0.2) is 0 Å². The van der Waals surface area contributed by atoms with E-state index < -0.39 is 0 Å². The summed E-state index contributed by atoms with van der Waals surface area (Å²) in [6, 6.07) is 53.2. The summed E-state index contributed by atoms with van der Waals surface area (Å²) in [5.41, 5.74) is 24.2. The molecule has 2 unspecified atom stereocenters. The number of nitriles is 1. The van der Waals surface area contributed by atoms with Crippen LogP contribution in [-0.2, 0) is 10.8 Å². The number of fused-ring (bicyclic) bond motifs is 17. The Morgan fingerprint density at radius 1 is 0.530 bits per heavy atom. The smallest absolute Gasteiger partial charge is 0.0995 e. The Kier molecular flexibility index (Phi) is 7.14. The number of hydrogen-bond acceptors (Lipinski definition) is 2. The van der Waals surface area contributed by atoms with Crippen LogP contribution in [0, 0.1) is 23.2 Å². The molecule has 3 heteroatoms. The first-order chi connectivity index (χ1) is 32.2. The molecule has 0 saturated heterocycles. The summed E-state index contributed by atoms with van der Waals surface area (Å²) < 4.78 is 2.55. The largest absolute Gasteiger partial charge is 0.306 e. The van der Waals surface area contributed by atoms with Gasteiger partial charge in [-0.1, -0.05) is 143 Å². The van der Waals surface area contributed by atoms with Crippen molar-refractivity contribution in [3.8, 4) is 61.7 Å². The Labute approximate surface area is 385 Å². The molecule has 3 aromatic heterocycles. The maximum Gasteiger partial charge on any atom is 0.0995 e. The first-order valence-corrected chi connectivity index (χ1v) is 24.4. The number of pyridine rings is 1. The van der Waals surface area contributed by atoms with Crippen LogP contribution in [0.5, 0.6) is 0 Å². The van der Waals surface area contributed by atoms with Gasteiger partial charge in [-0.15, -0.1) is 0 Å². The minimum absolute atomic E-state index is 0.369. The molecule has 0 amide bonds. The first kappa shape index (κ1) is 37.2. The van der Waals surface area contributed by atoms with E-state index in [1.807, 2.05) is 0 Å². The molecule has 3 nitrogen and oxygen atoms in total. The third-order valence-corrected chi connectivity index (χ3v) is 17.7. The van der Waals surface area contributed by atoms with E-state index in [0.717, 1.165) is 28.5 Å². The molecular formula is C63H49N3. The normalized spacial score (nSPS) is 21.3. The summed E-state index contributed by atoms with van der Waals surface area (Å²) in [4.78, 5) is 5.55. The van der Waals surface area contributed by atoms with Crippen molar-refractivity contribution in [2.45, 2.75) is 82.5 Å². The maximum absolute atomic E-state index is 11.3. The topological polar surface area (TPSA) is 41.1 Å². The van der Waals surface area contributed by atoms with Gasteiger partial charge in [0.05, 0.1) is 34.4 Å². The lowest BCUT2D eigenvalue weighted by atomic mass is 9.58. The molecule has 2 fully saturated rings. The van der Waals surface area contributed by atoms with E-state index in [2.05, 4.69) is 178 Å². The van der Waals surface area contributed by atoms with Gasteiger partial charge in [-0.2, -0.15) is 5.26 Å². The predicted octanol–water partition coefficient (Wildman–Crippen LogP) is 16.1. The SMILES string of the molecule is CC1(C)c2ccccc2C(C)(C)c2c1c(C#N)cc1c2c2cc(-c3cccc4c3-c3ccccc3-c3ccccc3-c3ccccc3-4)cc3c4c5c(ncc4n1c32)C1CC2CC(C1)CC5C2. The van der Waals surface area contributed by atoms with Gasteiger partial charge >= 0.3 is 0 Å². The molecule has 6 aliphatic carbocycles. The fraction of sp³-hybridized carbons (Fsp3) is 0.238. The van der Waals surface area contributed by atoms with Crippen molar-refractivity contribution in [3.63, 3.8) is 0 Å². The van der Waals surface area contributed by atoms with E-state index in [1.165, 1.54) is 148 Å². The van der Waals surface area contributed by atoms with E-state index in [4.69, 9.17) is 4.98 Å². The summed E-state index contributed by atoms with van der Waals surface area (Å²) in [6.45, 7) is 9.46. The van der Waals surface area contributed by atoms with Gasteiger partial charge in [0, 0.05) is 44.0 Å². The minimum Gasteiger partial charge on any atom is -0.306 e. The third-order valence-electron chi connectivity index (χ3n) is 17.7. The van der Waals surface area contributed by atoms with Crippen molar-refractivity contribution in [1.29, 1.82) is 5.26 Å². The lowest BCUT2D eigenvalue weighted by Gasteiger charge is -2.44. The molecule has 0 radical (unpaired) electrons. The van der Waals surface area contributed by atoms with Crippen LogP contribution in [0.4, 0.5) is 0 Å². The molecule has 66 heavy (non-hydrogen) atoms. The van der Waals surface area contributed by atoms with E-state index >= 15 is 0 Å². The fourth-order valence-corrected chi connectivity index (χ4v) is 15.3. The molecular weight excluding hydrogens is 799 g/mol. The van der Waals surface area contributed by atoms with Crippen molar-refractivity contribution >= 4 is 38.1 Å². The van der Waals surface area contributed by atoms with Crippen LogP contribution in [0.3, 0.4) is 0 Å². The average Bonchev–Trinajstić information content (AvgIpc) is 3.79. The van der Waals surface area contributed by atoms with Gasteiger partial charge in [0.15, 0.2) is 0 Å². The first-order valence-electron chi connectivity index (χ1n) is 24.4. The molecule has 0 spiro atoms. The van der Waals surface area contributed by atoms with Crippen LogP contribution in [0.15, 0.2) is 140 Å². The standard InChI is InChI=1S/C63H49N3/c1-62(2)50-22-11-12-23-51(50)63(3,4)59-57-49-30-36(40-20-13-21-47-45-17-8-7-16-43(45)41-14-5-6-15-42(41)44-18-9-10-19-46(44)55(40)47)29-48-56-53(66(61(48)49)52(57)31-39(32-64)58(59)62)33-65-60-38-27-34-24-35(28-38)26-37(25-34)54(56)60/h5-23,29-31,33-35,37-38H,24-28H2,1-4H3. The summed E-state index contributed by atoms with van der Waals surface area (Å²) in [5.74, 6) is 2.64. The van der Waals surface area contributed by atoms with Gasteiger partial charge in [-0.3, -0.25) is 4.98 Å². The Morgan fingerprint density at radius 3 is 1.68 bits per heavy atom. The monoisotopic (exact) mass is 847 g/mol. The van der Waals surface area contributed by atoms with Crippen molar-refractivity contribution in [1.82, 2.24) is 9.38 Å². The highest BCUT2D eigenvalue weighted by Gasteiger charge is 2.47. The number of hydrogen-bond donors (Lipinski definition) is 0. The van der Waals surface area contributed by atoms with Crippen LogP contribution < -0.4 is 0 Å². The van der Waals surface area contributed by atoms with Gasteiger partial charge in [0.25, 0.3) is 0 Å². The molecule has 10 aromatic rings. The quantitative estimate of drug-likeness (QED) is 0.165. The molecule has 316 valence electrons. The molecule has 3 heterocycles. The summed E-state index contributed by atoms with van der Waals surface area (Å²) in [5, 5.41) is 16.5. The van der Waals surface area contributed by atoms with Crippen molar-refractivity contribution in [2.75, 3.05) is 0 Å². The zero-order valence-corrected chi connectivity index (χ0v) is 38.0. The molecule has 16 rings (SSSR count). The molecule has 0 N–H and O–H groups in total. The second-order valence-electron chi connectivity index (χ2n) is 21.7. The zero-order chi connectivity index (χ0) is 44.0. The molecule has 2 atom stereocenters. The van der Waals surface area contributed by atoms with Crippen molar-refractivity contribution < 1.29 is 0 Å². The van der Waals surface area contributed by atoms with Gasteiger partial charge in [-0.05, 0) is 152 Å². The lowest BCUT2D eigenvalue weighted by Crippen LogP contribution is -2.37. The Balaban J connectivity index is 1.13. The Morgan fingerprint density at radius 2 is 1.05 bits per heavy atom. The lowest BCUT2D eigenvalue weighted by molar-refractivity contribution is 0.165. The number of nitrogens with zero attached hydrogens (tertiary/aromatic N) is 3. The molecule has 4 bridgehead atoms. The minimum atomic E-state index is -0.378. The summed E-state index contributed by atoms with van der Waals surface area (Å²) in [7, 11) is 0. The van der Waals surface area contributed by atoms with Gasteiger partial charge in [0.2, 0.25) is 0 Å². The number of benzene rings is 7. The molecule has 0 aliphatic heterocycles. The van der Waals surface area contributed by atoms with Crippen molar-refractivity contribution in [2.24, 2.45) is 11.8 Å². The van der Waals surface area contributed by atoms with Crippen LogP contribution in [0.25, 0.3) is 93.7 Å². The Hall–Kier alpha value is -7.02. The fourth-order valence-electron chi connectivity index (χ4n) is 15.3. The van der Waals surface area contributed by atoms with Gasteiger partial charge in [0.1, 0.15) is 0 Å². The van der Waals surface area contributed by atoms with E-state index in [1.54, 1.807) is 0 Å². The third kappa shape index (κ3) is 4.56. The number of rotatable bonds is 1. The zero-order valence-electron chi connectivity index (χ0n) is 38.0. The van der Waals surface area contributed by atoms with Crippen LogP contribution in [0.2, 0.25) is 0 Å². The second-order valence-corrected chi connectivity index (χ2v) is 21.7. The predicted molar refractivity (Wildman–Crippen MR) is 271 cm³/mol. The van der Waals surface area contributed by atoms with E-state index in [9.17, 15) is 5.26 Å². The highest BCUT2D eigenvalue weighted by molar-refractivity contribution is 6.27. The highest BCUT2D eigenvalue weighted by atomic mass is 14.9. The Bertz CT molecular complexity index is 3830. The van der Waals surface area contributed by atoms with E-state index in [-0.39, 0.29) is 10.8 Å². The number of aromatic nitrogens is 2. The van der Waals surface area contributed by atoms with Crippen LogP contribution in [-0.4, -0.2) is 9.38 Å². The van der Waals surface area contributed by atoms with Crippen molar-refractivity contribution in [3.05, 3.63) is 179 Å². The maximum atomic E-state index is 11.3. The molecule has 7 aromatic carbocycles. The van der Waals surface area contributed by atoms with Crippen LogP contribution >= 0.6 is 0 Å². The summed E-state index contributed by atoms with van der Waals surface area (Å²) in [6.07, 6.45) is 8.72. The van der Waals surface area contributed by atoms with Gasteiger partial charge < -0.3 is 4.40 Å². The highest BCUT2D eigenvalue weighted by Crippen LogP contribution is 2.60. The van der Waals surface area contributed by atoms with E-state index in [0.29, 0.717) is 11.8 Å².